The number of aliphatic hydroxyl groups excluding tert-OH is 1. The normalized spacial score (nSPS) is 18.4. The van der Waals surface area contributed by atoms with Crippen molar-refractivity contribution in [3.8, 4) is 0 Å². The first-order chi connectivity index (χ1) is 12.1. The molecule has 1 amide bonds. The molecule has 0 saturated heterocycles. The van der Waals surface area contributed by atoms with Crippen LogP contribution in [-0.4, -0.2) is 21.5 Å². The van der Waals surface area contributed by atoms with Gasteiger partial charge in [0.15, 0.2) is 6.23 Å². The molecule has 1 heterocycles. The van der Waals surface area contributed by atoms with Gasteiger partial charge < -0.3 is 10.0 Å². The molecule has 0 radical (unpaired) electrons. The Morgan fingerprint density at radius 2 is 1.30 bits per heavy atom. The van der Waals surface area contributed by atoms with Crippen LogP contribution in [0.5, 0.6) is 0 Å². The molecule has 0 aliphatic carbocycles. The maximum Gasteiger partial charge on any atom is 0.257 e. The summed E-state index contributed by atoms with van der Waals surface area (Å²) in [6.45, 7) is 18.9. The second-order valence-corrected chi connectivity index (χ2v) is 10.9. The quantitative estimate of drug-likeness (QED) is 0.651. The molecule has 3 nitrogen and oxygen atoms in total. The Morgan fingerprint density at radius 1 is 0.815 bits per heavy atom. The van der Waals surface area contributed by atoms with Crippen LogP contribution < -0.4 is 0 Å². The first-order valence-electron chi connectivity index (χ1n) is 9.77. The molecule has 1 unspecified atom stereocenters. The second-order valence-electron chi connectivity index (χ2n) is 10.9. The molecular formula is C24H33NO2. The predicted octanol–water partition coefficient (Wildman–Crippen LogP) is 5.68. The van der Waals surface area contributed by atoms with Crippen molar-refractivity contribution < 1.29 is 9.90 Å². The Morgan fingerprint density at radius 3 is 1.74 bits per heavy atom. The topological polar surface area (TPSA) is 40.5 Å². The Balaban J connectivity index is 2.44. The summed E-state index contributed by atoms with van der Waals surface area (Å²) in [5, 5.41) is 13.1. The number of aliphatic hydroxyl groups is 1. The van der Waals surface area contributed by atoms with E-state index in [-0.39, 0.29) is 16.7 Å². The first kappa shape index (κ1) is 19.9. The van der Waals surface area contributed by atoms with E-state index in [0.717, 1.165) is 21.9 Å². The molecular weight excluding hydrogens is 334 g/mol. The minimum absolute atomic E-state index is 0.0453. The molecule has 3 heteroatoms. The Kier molecular flexibility index (Phi) is 4.28. The van der Waals surface area contributed by atoms with Gasteiger partial charge in [0.05, 0.1) is 0 Å². The average Bonchev–Trinajstić information content (AvgIpc) is 2.48. The number of carbonyl (C=O) groups excluding carboxylic acids is 1. The van der Waals surface area contributed by atoms with Gasteiger partial charge in [0.2, 0.25) is 0 Å². The SMILES string of the molecule is CC(C)(C)c1cc2c3c(cc(C(C)(C)C)cc3c1)C(O)N(C(C)(C)C)C2=O. The highest BCUT2D eigenvalue weighted by molar-refractivity contribution is 6.11. The van der Waals surface area contributed by atoms with Crippen molar-refractivity contribution in [2.75, 3.05) is 0 Å². The maximum absolute atomic E-state index is 13.4. The zero-order chi connectivity index (χ0) is 20.5. The van der Waals surface area contributed by atoms with Crippen molar-refractivity contribution in [2.45, 2.75) is 84.9 Å². The summed E-state index contributed by atoms with van der Waals surface area (Å²) in [4.78, 5) is 15.0. The van der Waals surface area contributed by atoms with Crippen LogP contribution >= 0.6 is 0 Å². The molecule has 1 aliphatic heterocycles. The van der Waals surface area contributed by atoms with Gasteiger partial charge in [-0.05, 0) is 54.2 Å². The molecule has 2 aromatic rings. The molecule has 0 fully saturated rings. The molecule has 1 N–H and O–H groups in total. The maximum atomic E-state index is 13.4. The van der Waals surface area contributed by atoms with Gasteiger partial charge in [0.25, 0.3) is 5.91 Å². The summed E-state index contributed by atoms with van der Waals surface area (Å²) in [5.41, 5.74) is 3.26. The van der Waals surface area contributed by atoms with Gasteiger partial charge in [-0.1, -0.05) is 59.7 Å². The lowest BCUT2D eigenvalue weighted by Crippen LogP contribution is -2.49. The number of hydrogen-bond donors (Lipinski definition) is 1. The van der Waals surface area contributed by atoms with Crippen LogP contribution in [0.2, 0.25) is 0 Å². The number of amides is 1. The summed E-state index contributed by atoms with van der Waals surface area (Å²) in [5.74, 6) is -0.0953. The van der Waals surface area contributed by atoms with E-state index in [0.29, 0.717) is 5.56 Å². The number of carbonyl (C=O) groups is 1. The van der Waals surface area contributed by atoms with Crippen LogP contribution in [-0.2, 0) is 10.8 Å². The van der Waals surface area contributed by atoms with Crippen LogP contribution in [0.15, 0.2) is 24.3 Å². The van der Waals surface area contributed by atoms with Crippen LogP contribution in [0.4, 0.5) is 0 Å². The predicted molar refractivity (Wildman–Crippen MR) is 112 cm³/mol. The van der Waals surface area contributed by atoms with Crippen LogP contribution in [0.1, 0.15) is 95.6 Å². The number of benzene rings is 2. The fourth-order valence-corrected chi connectivity index (χ4v) is 3.84. The lowest BCUT2D eigenvalue weighted by molar-refractivity contribution is -0.0349. The highest BCUT2D eigenvalue weighted by Crippen LogP contribution is 2.43. The molecule has 1 atom stereocenters. The third-order valence-electron chi connectivity index (χ3n) is 5.51. The first-order valence-corrected chi connectivity index (χ1v) is 9.77. The van der Waals surface area contributed by atoms with Crippen LogP contribution in [0, 0.1) is 0 Å². The van der Waals surface area contributed by atoms with E-state index in [1.54, 1.807) is 4.90 Å². The van der Waals surface area contributed by atoms with Gasteiger partial charge in [0, 0.05) is 22.1 Å². The van der Waals surface area contributed by atoms with Gasteiger partial charge in [-0.3, -0.25) is 4.79 Å². The van der Waals surface area contributed by atoms with E-state index in [9.17, 15) is 9.90 Å². The molecule has 0 bridgehead atoms. The van der Waals surface area contributed by atoms with E-state index in [1.807, 2.05) is 26.8 Å². The highest BCUT2D eigenvalue weighted by atomic mass is 16.3. The smallest absolute Gasteiger partial charge is 0.257 e. The van der Waals surface area contributed by atoms with Crippen molar-refractivity contribution in [2.24, 2.45) is 0 Å². The van der Waals surface area contributed by atoms with Crippen molar-refractivity contribution >= 4 is 16.7 Å². The van der Waals surface area contributed by atoms with Crippen molar-refractivity contribution in [3.05, 3.63) is 46.5 Å². The lowest BCUT2D eigenvalue weighted by atomic mass is 9.78. The standard InChI is InChI=1S/C24H33NO2/c1-22(2,3)15-10-14-11-16(23(4,5)6)13-18-19(14)17(12-15)20(26)25(21(18)27)24(7,8)9/h10-13,20,26H,1-9H3. The summed E-state index contributed by atoms with van der Waals surface area (Å²) in [6.07, 6.45) is -0.935. The van der Waals surface area contributed by atoms with Crippen LogP contribution in [0.3, 0.4) is 0 Å². The summed E-state index contributed by atoms with van der Waals surface area (Å²) in [6, 6.07) is 8.47. The van der Waals surface area contributed by atoms with E-state index < -0.39 is 11.8 Å². The van der Waals surface area contributed by atoms with E-state index >= 15 is 0 Å². The summed E-state index contributed by atoms with van der Waals surface area (Å²) >= 11 is 0. The van der Waals surface area contributed by atoms with E-state index in [2.05, 4.69) is 59.7 Å². The molecule has 2 aromatic carbocycles. The number of rotatable bonds is 0. The van der Waals surface area contributed by atoms with Crippen molar-refractivity contribution in [1.82, 2.24) is 4.90 Å². The highest BCUT2D eigenvalue weighted by Gasteiger charge is 2.40. The zero-order valence-corrected chi connectivity index (χ0v) is 18.2. The van der Waals surface area contributed by atoms with Gasteiger partial charge in [-0.15, -0.1) is 0 Å². The second kappa shape index (κ2) is 5.81. The Bertz CT molecular complexity index is 915. The van der Waals surface area contributed by atoms with Gasteiger partial charge in [-0.25, -0.2) is 0 Å². The average molecular weight is 368 g/mol. The Hall–Kier alpha value is -1.87. The molecule has 0 saturated carbocycles. The molecule has 146 valence electrons. The van der Waals surface area contributed by atoms with Gasteiger partial charge >= 0.3 is 0 Å². The fraction of sp³-hybridized carbons (Fsp3) is 0.542. The summed E-state index contributed by atoms with van der Waals surface area (Å²) < 4.78 is 0. The van der Waals surface area contributed by atoms with Crippen molar-refractivity contribution in [1.29, 1.82) is 0 Å². The van der Waals surface area contributed by atoms with E-state index in [4.69, 9.17) is 0 Å². The molecule has 0 spiro atoms. The molecule has 3 rings (SSSR count). The molecule has 1 aliphatic rings. The fourth-order valence-electron chi connectivity index (χ4n) is 3.84. The third-order valence-corrected chi connectivity index (χ3v) is 5.51. The minimum Gasteiger partial charge on any atom is -0.369 e. The lowest BCUT2D eigenvalue weighted by Gasteiger charge is -2.43. The monoisotopic (exact) mass is 367 g/mol. The number of nitrogens with zero attached hydrogens (tertiary/aromatic N) is 1. The zero-order valence-electron chi connectivity index (χ0n) is 18.2. The third kappa shape index (κ3) is 3.27. The minimum atomic E-state index is -0.935. The molecule has 0 aromatic heterocycles. The Labute approximate surface area is 163 Å². The van der Waals surface area contributed by atoms with Gasteiger partial charge in [0.1, 0.15) is 0 Å². The van der Waals surface area contributed by atoms with E-state index in [1.165, 1.54) is 5.56 Å². The number of hydrogen-bond acceptors (Lipinski definition) is 2. The van der Waals surface area contributed by atoms with Crippen LogP contribution in [0.25, 0.3) is 10.8 Å². The van der Waals surface area contributed by atoms with Crippen molar-refractivity contribution in [3.63, 3.8) is 0 Å². The molecule has 27 heavy (non-hydrogen) atoms. The van der Waals surface area contributed by atoms with Gasteiger partial charge in [-0.2, -0.15) is 0 Å². The largest absolute Gasteiger partial charge is 0.369 e. The summed E-state index contributed by atoms with van der Waals surface area (Å²) in [7, 11) is 0.